The Morgan fingerprint density at radius 3 is 2.31 bits per heavy atom. The fourth-order valence-electron chi connectivity index (χ4n) is 1.35. The maximum Gasteiger partial charge on any atom is 0.306 e. The molecule has 0 radical (unpaired) electrons. The largest absolute Gasteiger partial charge is 0.481 e. The summed E-state index contributed by atoms with van der Waals surface area (Å²) in [4.78, 5) is 10.5. The highest BCUT2D eigenvalue weighted by atomic mass is 16.4. The lowest BCUT2D eigenvalue weighted by atomic mass is 9.94. The van der Waals surface area contributed by atoms with Crippen LogP contribution in [0.1, 0.15) is 52.9 Å². The Morgan fingerprint density at radius 1 is 1.23 bits per heavy atom. The lowest BCUT2D eigenvalue weighted by Crippen LogP contribution is -2.10. The second kappa shape index (κ2) is 6.93. The van der Waals surface area contributed by atoms with Crippen molar-refractivity contribution in [3.8, 4) is 0 Å². The van der Waals surface area contributed by atoms with Crippen molar-refractivity contribution in [1.82, 2.24) is 0 Å². The summed E-state index contributed by atoms with van der Waals surface area (Å²) in [5, 5.41) is 8.67. The van der Waals surface area contributed by atoms with Gasteiger partial charge in [-0.1, -0.05) is 40.0 Å². The number of hydrogen-bond donors (Lipinski definition) is 1. The van der Waals surface area contributed by atoms with E-state index in [-0.39, 0.29) is 5.92 Å². The first kappa shape index (κ1) is 12.5. The summed E-state index contributed by atoms with van der Waals surface area (Å²) in [5.74, 6) is -0.159. The molecule has 0 aromatic heterocycles. The molecule has 78 valence electrons. The number of aliphatic carboxylic acids is 1. The van der Waals surface area contributed by atoms with Gasteiger partial charge in [0.25, 0.3) is 0 Å². The minimum Gasteiger partial charge on any atom is -0.481 e. The van der Waals surface area contributed by atoms with E-state index < -0.39 is 5.97 Å². The maximum absolute atomic E-state index is 10.5. The van der Waals surface area contributed by atoms with Crippen molar-refractivity contribution in [2.45, 2.75) is 52.9 Å². The average Bonchev–Trinajstić information content (AvgIpc) is 2.10. The van der Waals surface area contributed by atoms with Crippen molar-refractivity contribution in [1.29, 1.82) is 0 Å². The molecule has 1 N–H and O–H groups in total. The summed E-state index contributed by atoms with van der Waals surface area (Å²) in [6.07, 6.45) is 5.61. The highest BCUT2D eigenvalue weighted by Crippen LogP contribution is 2.17. The molecule has 0 aromatic carbocycles. The number of rotatable bonds is 7. The molecule has 0 saturated heterocycles. The third-order valence-corrected chi connectivity index (χ3v) is 2.56. The third kappa shape index (κ3) is 6.62. The van der Waals surface area contributed by atoms with E-state index in [9.17, 15) is 4.79 Å². The van der Waals surface area contributed by atoms with Crippen molar-refractivity contribution in [2.75, 3.05) is 0 Å². The number of carbonyl (C=O) groups is 1. The lowest BCUT2D eigenvalue weighted by molar-refractivity contribution is -0.141. The van der Waals surface area contributed by atoms with Gasteiger partial charge in [-0.2, -0.15) is 0 Å². The molecule has 0 aliphatic heterocycles. The molecular formula is C11H22O2. The molecule has 0 aliphatic rings. The van der Waals surface area contributed by atoms with Crippen LogP contribution in [-0.4, -0.2) is 11.1 Å². The molecule has 0 fully saturated rings. The summed E-state index contributed by atoms with van der Waals surface area (Å²) in [6.45, 7) is 6.19. The predicted molar refractivity (Wildman–Crippen MR) is 54.7 cm³/mol. The third-order valence-electron chi connectivity index (χ3n) is 2.56. The first-order valence-corrected chi connectivity index (χ1v) is 5.30. The van der Waals surface area contributed by atoms with E-state index in [1.165, 1.54) is 19.3 Å². The Hall–Kier alpha value is -0.530. The molecule has 2 heteroatoms. The fourth-order valence-corrected chi connectivity index (χ4v) is 1.35. The summed E-state index contributed by atoms with van der Waals surface area (Å²) < 4.78 is 0. The van der Waals surface area contributed by atoms with Gasteiger partial charge in [0, 0.05) is 0 Å². The standard InChI is InChI=1S/C11H22O2/c1-4-5-6-9(2)7-8-10(3)11(12)13/h9-10H,4-8H2,1-3H3,(H,12,13). The zero-order valence-corrected chi connectivity index (χ0v) is 9.05. The summed E-state index contributed by atoms with van der Waals surface area (Å²) in [7, 11) is 0. The SMILES string of the molecule is CCCCC(C)CCC(C)C(=O)O. The average molecular weight is 186 g/mol. The van der Waals surface area contributed by atoms with Gasteiger partial charge < -0.3 is 5.11 Å². The van der Waals surface area contributed by atoms with Crippen LogP contribution in [-0.2, 0) is 4.79 Å². The number of carboxylic acids is 1. The van der Waals surface area contributed by atoms with Gasteiger partial charge in [-0.25, -0.2) is 0 Å². The molecule has 0 spiro atoms. The number of carboxylic acid groups (broad SMARTS) is 1. The van der Waals surface area contributed by atoms with Crippen molar-refractivity contribution in [2.24, 2.45) is 11.8 Å². The Kier molecular flexibility index (Phi) is 6.65. The van der Waals surface area contributed by atoms with E-state index in [0.29, 0.717) is 5.92 Å². The molecule has 0 heterocycles. The van der Waals surface area contributed by atoms with E-state index in [2.05, 4.69) is 13.8 Å². The maximum atomic E-state index is 10.5. The summed E-state index contributed by atoms with van der Waals surface area (Å²) in [5.41, 5.74) is 0. The normalized spacial score (nSPS) is 15.3. The summed E-state index contributed by atoms with van der Waals surface area (Å²) in [6, 6.07) is 0. The summed E-state index contributed by atoms with van der Waals surface area (Å²) >= 11 is 0. The van der Waals surface area contributed by atoms with Crippen LogP contribution < -0.4 is 0 Å². The van der Waals surface area contributed by atoms with E-state index in [4.69, 9.17) is 5.11 Å². The van der Waals surface area contributed by atoms with E-state index in [0.717, 1.165) is 12.8 Å². The van der Waals surface area contributed by atoms with Crippen LogP contribution in [0.4, 0.5) is 0 Å². The van der Waals surface area contributed by atoms with Gasteiger partial charge in [0.2, 0.25) is 0 Å². The molecule has 0 aliphatic carbocycles. The van der Waals surface area contributed by atoms with Gasteiger partial charge in [-0.15, -0.1) is 0 Å². The Morgan fingerprint density at radius 2 is 1.85 bits per heavy atom. The van der Waals surface area contributed by atoms with Crippen LogP contribution in [0.5, 0.6) is 0 Å². The second-order valence-corrected chi connectivity index (χ2v) is 4.06. The van der Waals surface area contributed by atoms with Crippen LogP contribution in [0, 0.1) is 11.8 Å². The molecule has 2 atom stereocenters. The highest BCUT2D eigenvalue weighted by molar-refractivity contribution is 5.69. The van der Waals surface area contributed by atoms with Gasteiger partial charge in [0.1, 0.15) is 0 Å². The van der Waals surface area contributed by atoms with Crippen molar-refractivity contribution in [3.05, 3.63) is 0 Å². The monoisotopic (exact) mass is 186 g/mol. The van der Waals surface area contributed by atoms with Gasteiger partial charge in [-0.05, 0) is 18.8 Å². The fraction of sp³-hybridized carbons (Fsp3) is 0.909. The van der Waals surface area contributed by atoms with Crippen LogP contribution in [0.2, 0.25) is 0 Å². The van der Waals surface area contributed by atoms with Crippen LogP contribution in [0.25, 0.3) is 0 Å². The Bertz CT molecular complexity index is 143. The molecule has 0 saturated carbocycles. The molecule has 0 rings (SSSR count). The van der Waals surface area contributed by atoms with Crippen LogP contribution in [0.3, 0.4) is 0 Å². The minimum atomic E-state index is -0.664. The van der Waals surface area contributed by atoms with Gasteiger partial charge >= 0.3 is 5.97 Å². The topological polar surface area (TPSA) is 37.3 Å². The van der Waals surface area contributed by atoms with E-state index >= 15 is 0 Å². The zero-order valence-electron chi connectivity index (χ0n) is 9.05. The van der Waals surface area contributed by atoms with E-state index in [1.807, 2.05) is 0 Å². The number of hydrogen-bond acceptors (Lipinski definition) is 1. The first-order chi connectivity index (χ1) is 6.07. The number of unbranched alkanes of at least 4 members (excludes halogenated alkanes) is 1. The smallest absolute Gasteiger partial charge is 0.306 e. The molecule has 0 amide bonds. The van der Waals surface area contributed by atoms with Crippen molar-refractivity contribution < 1.29 is 9.90 Å². The van der Waals surface area contributed by atoms with Crippen LogP contribution >= 0.6 is 0 Å². The lowest BCUT2D eigenvalue weighted by Gasteiger charge is -2.12. The molecule has 13 heavy (non-hydrogen) atoms. The predicted octanol–water partition coefficient (Wildman–Crippen LogP) is 3.31. The zero-order chi connectivity index (χ0) is 10.3. The van der Waals surface area contributed by atoms with Crippen molar-refractivity contribution >= 4 is 5.97 Å². The quantitative estimate of drug-likeness (QED) is 0.662. The van der Waals surface area contributed by atoms with E-state index in [1.54, 1.807) is 6.92 Å². The Labute approximate surface area is 81.3 Å². The molecule has 2 nitrogen and oxygen atoms in total. The Balaban J connectivity index is 3.45. The highest BCUT2D eigenvalue weighted by Gasteiger charge is 2.12. The second-order valence-electron chi connectivity index (χ2n) is 4.06. The van der Waals surface area contributed by atoms with Crippen LogP contribution in [0.15, 0.2) is 0 Å². The molecule has 2 unspecified atom stereocenters. The first-order valence-electron chi connectivity index (χ1n) is 5.30. The van der Waals surface area contributed by atoms with Gasteiger partial charge in [0.05, 0.1) is 5.92 Å². The van der Waals surface area contributed by atoms with Crippen molar-refractivity contribution in [3.63, 3.8) is 0 Å². The molecule has 0 bridgehead atoms. The van der Waals surface area contributed by atoms with Gasteiger partial charge in [0.15, 0.2) is 0 Å². The molecular weight excluding hydrogens is 164 g/mol. The minimum absolute atomic E-state index is 0.177. The molecule has 0 aromatic rings. The van der Waals surface area contributed by atoms with Gasteiger partial charge in [-0.3, -0.25) is 4.79 Å².